The summed E-state index contributed by atoms with van der Waals surface area (Å²) in [7, 11) is -3.38. The Balaban J connectivity index is 2.73. The van der Waals surface area contributed by atoms with E-state index in [9.17, 15) is 13.2 Å². The van der Waals surface area contributed by atoms with Gasteiger partial charge in [-0.1, -0.05) is 38.1 Å². The molecule has 0 aliphatic carbocycles. The Labute approximate surface area is 108 Å². The molecule has 0 spiro atoms. The summed E-state index contributed by atoms with van der Waals surface area (Å²) in [5, 5.41) is 8.72. The summed E-state index contributed by atoms with van der Waals surface area (Å²) in [6.07, 6.45) is 0.906. The van der Waals surface area contributed by atoms with Gasteiger partial charge >= 0.3 is 5.97 Å². The van der Waals surface area contributed by atoms with E-state index in [2.05, 4.69) is 0 Å². The highest BCUT2D eigenvalue weighted by molar-refractivity contribution is 7.90. The number of carboxylic acids is 1. The molecule has 4 nitrogen and oxygen atoms in total. The van der Waals surface area contributed by atoms with Crippen LogP contribution >= 0.6 is 0 Å². The van der Waals surface area contributed by atoms with E-state index >= 15 is 0 Å². The van der Waals surface area contributed by atoms with E-state index in [0.717, 1.165) is 12.0 Å². The van der Waals surface area contributed by atoms with E-state index in [4.69, 9.17) is 5.11 Å². The summed E-state index contributed by atoms with van der Waals surface area (Å²) in [5.74, 6) is -2.38. The smallest absolute Gasteiger partial charge is 0.307 e. The van der Waals surface area contributed by atoms with E-state index in [1.165, 1.54) is 6.92 Å². The van der Waals surface area contributed by atoms with Crippen LogP contribution < -0.4 is 0 Å². The molecular weight excluding hydrogens is 252 g/mol. The monoisotopic (exact) mass is 270 g/mol. The second kappa shape index (κ2) is 6.00. The van der Waals surface area contributed by atoms with Crippen molar-refractivity contribution in [2.24, 2.45) is 5.92 Å². The molecule has 18 heavy (non-hydrogen) atoms. The van der Waals surface area contributed by atoms with E-state index in [-0.39, 0.29) is 11.5 Å². The lowest BCUT2D eigenvalue weighted by Gasteiger charge is -2.08. The minimum absolute atomic E-state index is 0.103. The van der Waals surface area contributed by atoms with Crippen molar-refractivity contribution in [2.75, 3.05) is 5.75 Å². The third kappa shape index (κ3) is 4.49. The molecular formula is C13H18O4S. The fraction of sp³-hybridized carbons (Fsp3) is 0.462. The molecule has 1 atom stereocenters. The Kier molecular flexibility index (Phi) is 4.90. The maximum Gasteiger partial charge on any atom is 0.307 e. The molecule has 0 fully saturated rings. The van der Waals surface area contributed by atoms with E-state index in [1.807, 2.05) is 19.1 Å². The zero-order chi connectivity index (χ0) is 13.8. The summed E-state index contributed by atoms with van der Waals surface area (Å²) < 4.78 is 23.6. The van der Waals surface area contributed by atoms with Crippen molar-refractivity contribution in [3.63, 3.8) is 0 Å². The Hall–Kier alpha value is -1.36. The predicted octanol–water partition coefficient (Wildman–Crippen LogP) is 1.88. The Morgan fingerprint density at radius 1 is 1.22 bits per heavy atom. The van der Waals surface area contributed by atoms with Crippen molar-refractivity contribution in [1.29, 1.82) is 0 Å². The highest BCUT2D eigenvalue weighted by Gasteiger charge is 2.21. The van der Waals surface area contributed by atoms with Gasteiger partial charge in [-0.05, 0) is 17.5 Å². The van der Waals surface area contributed by atoms with E-state index in [0.29, 0.717) is 5.56 Å². The SMILES string of the molecule is CCc1ccc(CS(=O)(=O)CC(C)C(=O)O)cc1. The lowest BCUT2D eigenvalue weighted by molar-refractivity contribution is -0.140. The molecule has 5 heteroatoms. The standard InChI is InChI=1S/C13H18O4S/c1-3-11-4-6-12(7-5-11)9-18(16,17)8-10(2)13(14)15/h4-7,10H,3,8-9H2,1-2H3,(H,14,15). The van der Waals surface area contributed by atoms with Crippen molar-refractivity contribution >= 4 is 15.8 Å². The van der Waals surface area contributed by atoms with E-state index < -0.39 is 21.7 Å². The fourth-order valence-electron chi connectivity index (χ4n) is 1.64. The van der Waals surface area contributed by atoms with Crippen LogP contribution in [0.2, 0.25) is 0 Å². The van der Waals surface area contributed by atoms with Gasteiger partial charge in [0.15, 0.2) is 9.84 Å². The van der Waals surface area contributed by atoms with Crippen LogP contribution in [0.5, 0.6) is 0 Å². The molecule has 0 aliphatic heterocycles. The van der Waals surface area contributed by atoms with E-state index in [1.54, 1.807) is 12.1 Å². The summed E-state index contributed by atoms with van der Waals surface area (Å²) in [5.41, 5.74) is 1.85. The first-order valence-electron chi connectivity index (χ1n) is 5.85. The van der Waals surface area contributed by atoms with Crippen LogP contribution in [0.15, 0.2) is 24.3 Å². The first kappa shape index (κ1) is 14.7. The van der Waals surface area contributed by atoms with Gasteiger partial charge in [0.05, 0.1) is 17.4 Å². The van der Waals surface area contributed by atoms with Gasteiger partial charge in [0.25, 0.3) is 0 Å². The van der Waals surface area contributed by atoms with Gasteiger partial charge in [0.1, 0.15) is 0 Å². The fourth-order valence-corrected chi connectivity index (χ4v) is 3.36. The van der Waals surface area contributed by atoms with Crippen LogP contribution in [-0.4, -0.2) is 25.2 Å². The molecule has 0 aliphatic rings. The number of carbonyl (C=O) groups is 1. The molecule has 1 N–H and O–H groups in total. The molecule has 100 valence electrons. The highest BCUT2D eigenvalue weighted by Crippen LogP contribution is 2.12. The quantitative estimate of drug-likeness (QED) is 0.856. The van der Waals surface area contributed by atoms with Gasteiger partial charge in [-0.25, -0.2) is 8.42 Å². The first-order chi connectivity index (χ1) is 8.34. The first-order valence-corrected chi connectivity index (χ1v) is 7.67. The third-order valence-electron chi connectivity index (χ3n) is 2.74. The Morgan fingerprint density at radius 3 is 2.17 bits per heavy atom. The molecule has 1 unspecified atom stereocenters. The lowest BCUT2D eigenvalue weighted by Crippen LogP contribution is -2.22. The second-order valence-corrected chi connectivity index (χ2v) is 6.57. The summed E-state index contributed by atoms with van der Waals surface area (Å²) in [6.45, 7) is 3.43. The van der Waals surface area contributed by atoms with Crippen LogP contribution in [0.4, 0.5) is 0 Å². The normalized spacial score (nSPS) is 13.2. The average molecular weight is 270 g/mol. The zero-order valence-corrected chi connectivity index (χ0v) is 11.4. The molecule has 1 rings (SSSR count). The van der Waals surface area contributed by atoms with Crippen molar-refractivity contribution in [3.05, 3.63) is 35.4 Å². The topological polar surface area (TPSA) is 71.4 Å². The van der Waals surface area contributed by atoms with Crippen molar-refractivity contribution in [1.82, 2.24) is 0 Å². The van der Waals surface area contributed by atoms with Gasteiger partial charge < -0.3 is 5.11 Å². The van der Waals surface area contributed by atoms with Crippen LogP contribution in [0.1, 0.15) is 25.0 Å². The van der Waals surface area contributed by atoms with Gasteiger partial charge in [-0.3, -0.25) is 4.79 Å². The zero-order valence-electron chi connectivity index (χ0n) is 10.6. The molecule has 0 heterocycles. The molecule has 0 amide bonds. The molecule has 1 aromatic carbocycles. The number of benzene rings is 1. The minimum atomic E-state index is -3.38. The predicted molar refractivity (Wildman–Crippen MR) is 70.1 cm³/mol. The number of aryl methyl sites for hydroxylation is 1. The number of rotatable bonds is 6. The molecule has 1 aromatic rings. The largest absolute Gasteiger partial charge is 0.481 e. The Morgan fingerprint density at radius 2 is 1.72 bits per heavy atom. The van der Waals surface area contributed by atoms with Crippen molar-refractivity contribution < 1.29 is 18.3 Å². The number of carboxylic acid groups (broad SMARTS) is 1. The van der Waals surface area contributed by atoms with Crippen LogP contribution in [0, 0.1) is 5.92 Å². The van der Waals surface area contributed by atoms with Crippen LogP contribution in [-0.2, 0) is 26.8 Å². The molecule has 0 bridgehead atoms. The molecule has 0 saturated heterocycles. The summed E-state index contributed by atoms with van der Waals surface area (Å²) in [6, 6.07) is 7.35. The van der Waals surface area contributed by atoms with Gasteiger partial charge in [0, 0.05) is 0 Å². The second-order valence-electron chi connectivity index (χ2n) is 4.46. The summed E-state index contributed by atoms with van der Waals surface area (Å²) in [4.78, 5) is 10.6. The number of hydrogen-bond acceptors (Lipinski definition) is 3. The molecule has 0 aromatic heterocycles. The van der Waals surface area contributed by atoms with Gasteiger partial charge in [-0.2, -0.15) is 0 Å². The van der Waals surface area contributed by atoms with Crippen molar-refractivity contribution in [3.8, 4) is 0 Å². The summed E-state index contributed by atoms with van der Waals surface area (Å²) >= 11 is 0. The van der Waals surface area contributed by atoms with Crippen LogP contribution in [0.3, 0.4) is 0 Å². The highest BCUT2D eigenvalue weighted by atomic mass is 32.2. The maximum absolute atomic E-state index is 11.8. The van der Waals surface area contributed by atoms with Crippen molar-refractivity contribution in [2.45, 2.75) is 26.0 Å². The number of sulfone groups is 1. The third-order valence-corrected chi connectivity index (χ3v) is 4.52. The Bertz CT molecular complexity index is 502. The maximum atomic E-state index is 11.8. The molecule has 0 radical (unpaired) electrons. The van der Waals surface area contributed by atoms with Gasteiger partial charge in [0.2, 0.25) is 0 Å². The average Bonchev–Trinajstić information content (AvgIpc) is 2.28. The minimum Gasteiger partial charge on any atom is -0.481 e. The van der Waals surface area contributed by atoms with Crippen LogP contribution in [0.25, 0.3) is 0 Å². The molecule has 0 saturated carbocycles. The number of aliphatic carboxylic acids is 1. The van der Waals surface area contributed by atoms with Gasteiger partial charge in [-0.15, -0.1) is 0 Å². The lowest BCUT2D eigenvalue weighted by atomic mass is 10.1. The number of hydrogen-bond donors (Lipinski definition) is 1.